The van der Waals surface area contributed by atoms with Gasteiger partial charge in [-0.1, -0.05) is 17.7 Å². The molecule has 0 aliphatic carbocycles. The Bertz CT molecular complexity index is 668. The minimum atomic E-state index is -3.53. The number of ether oxygens (including phenoxy) is 1. The summed E-state index contributed by atoms with van der Waals surface area (Å²) in [5.41, 5.74) is 0.485. The molecule has 0 atom stereocenters. The van der Waals surface area contributed by atoms with Crippen LogP contribution in [0.1, 0.15) is 0 Å². The van der Waals surface area contributed by atoms with E-state index in [1.54, 1.807) is 35.7 Å². The van der Waals surface area contributed by atoms with E-state index >= 15 is 0 Å². The van der Waals surface area contributed by atoms with Crippen molar-refractivity contribution in [2.24, 2.45) is 0 Å². The third-order valence-corrected chi connectivity index (χ3v) is 6.06. The van der Waals surface area contributed by atoms with Crippen molar-refractivity contribution in [2.75, 3.05) is 18.5 Å². The minimum Gasteiger partial charge on any atom is -0.495 e. The van der Waals surface area contributed by atoms with E-state index in [1.165, 1.54) is 29.8 Å². The van der Waals surface area contributed by atoms with Crippen LogP contribution in [0.25, 0.3) is 0 Å². The fraction of sp³-hybridized carbons (Fsp3) is 0.167. The van der Waals surface area contributed by atoms with Gasteiger partial charge in [-0.25, -0.2) is 8.42 Å². The van der Waals surface area contributed by atoms with E-state index in [-0.39, 0.29) is 0 Å². The second-order valence-electron chi connectivity index (χ2n) is 3.72. The molecule has 0 N–H and O–H groups in total. The molecule has 2 aromatic rings. The molecular formula is C12H12ClNO3S2. The summed E-state index contributed by atoms with van der Waals surface area (Å²) in [6, 6.07) is 8.12. The zero-order chi connectivity index (χ0) is 14.0. The Labute approximate surface area is 121 Å². The Morgan fingerprint density at radius 1 is 1.32 bits per heavy atom. The molecule has 0 fully saturated rings. The standard InChI is InChI=1S/C12H12ClNO3S2/c1-14(19(15,16)12-4-3-7-18-12)9-5-6-11(17-2)10(13)8-9/h3-8H,1-2H3. The maximum atomic E-state index is 12.3. The monoisotopic (exact) mass is 317 g/mol. The fourth-order valence-electron chi connectivity index (χ4n) is 1.54. The highest BCUT2D eigenvalue weighted by molar-refractivity contribution is 7.94. The molecule has 0 aliphatic rings. The van der Waals surface area contributed by atoms with Crippen LogP contribution in [-0.4, -0.2) is 22.6 Å². The number of sulfonamides is 1. The zero-order valence-electron chi connectivity index (χ0n) is 10.3. The summed E-state index contributed by atoms with van der Waals surface area (Å²) in [5, 5.41) is 2.09. The summed E-state index contributed by atoms with van der Waals surface area (Å²) in [4.78, 5) is 0. The van der Waals surface area contributed by atoms with Gasteiger partial charge in [0.1, 0.15) is 9.96 Å². The van der Waals surface area contributed by atoms with E-state index in [0.29, 0.717) is 20.7 Å². The molecule has 2 rings (SSSR count). The van der Waals surface area contributed by atoms with Crippen LogP contribution in [0.15, 0.2) is 39.9 Å². The molecule has 0 saturated heterocycles. The summed E-state index contributed by atoms with van der Waals surface area (Å²) in [6.07, 6.45) is 0. The van der Waals surface area contributed by atoms with Crippen molar-refractivity contribution in [3.63, 3.8) is 0 Å². The summed E-state index contributed by atoms with van der Waals surface area (Å²) < 4.78 is 31.2. The lowest BCUT2D eigenvalue weighted by Crippen LogP contribution is -2.25. The van der Waals surface area contributed by atoms with Gasteiger partial charge in [-0.3, -0.25) is 4.31 Å². The maximum Gasteiger partial charge on any atom is 0.273 e. The highest BCUT2D eigenvalue weighted by atomic mass is 35.5. The van der Waals surface area contributed by atoms with Crippen LogP contribution < -0.4 is 9.04 Å². The molecule has 0 saturated carbocycles. The van der Waals surface area contributed by atoms with Gasteiger partial charge in [-0.2, -0.15) is 0 Å². The maximum absolute atomic E-state index is 12.3. The molecule has 0 spiro atoms. The second-order valence-corrected chi connectivity index (χ2v) is 7.27. The van der Waals surface area contributed by atoms with E-state index < -0.39 is 10.0 Å². The largest absolute Gasteiger partial charge is 0.495 e. The average molecular weight is 318 g/mol. The first-order valence-corrected chi connectivity index (χ1v) is 8.02. The Hall–Kier alpha value is -1.24. The third kappa shape index (κ3) is 2.70. The number of thiophene rings is 1. The van der Waals surface area contributed by atoms with Crippen molar-refractivity contribution in [1.82, 2.24) is 0 Å². The van der Waals surface area contributed by atoms with Crippen molar-refractivity contribution >= 4 is 38.6 Å². The van der Waals surface area contributed by atoms with Crippen LogP contribution >= 0.6 is 22.9 Å². The van der Waals surface area contributed by atoms with E-state index in [9.17, 15) is 8.42 Å². The topological polar surface area (TPSA) is 46.6 Å². The van der Waals surface area contributed by atoms with E-state index in [4.69, 9.17) is 16.3 Å². The van der Waals surface area contributed by atoms with Crippen molar-refractivity contribution in [1.29, 1.82) is 0 Å². The molecule has 0 aliphatic heterocycles. The Morgan fingerprint density at radius 2 is 2.05 bits per heavy atom. The SMILES string of the molecule is COc1ccc(N(C)S(=O)(=O)c2cccs2)cc1Cl. The highest BCUT2D eigenvalue weighted by Crippen LogP contribution is 2.31. The predicted octanol–water partition coefficient (Wildman–Crippen LogP) is 3.24. The van der Waals surface area contributed by atoms with Gasteiger partial charge in [0.05, 0.1) is 17.8 Å². The van der Waals surface area contributed by atoms with Crippen molar-refractivity contribution < 1.29 is 13.2 Å². The van der Waals surface area contributed by atoms with Gasteiger partial charge in [-0.15, -0.1) is 11.3 Å². The predicted molar refractivity (Wildman–Crippen MR) is 77.9 cm³/mol. The lowest BCUT2D eigenvalue weighted by molar-refractivity contribution is 0.415. The lowest BCUT2D eigenvalue weighted by atomic mass is 10.3. The number of benzene rings is 1. The van der Waals surface area contributed by atoms with Crippen LogP contribution in [0.2, 0.25) is 5.02 Å². The quantitative estimate of drug-likeness (QED) is 0.869. The zero-order valence-corrected chi connectivity index (χ0v) is 12.7. The van der Waals surface area contributed by atoms with E-state index in [2.05, 4.69) is 0 Å². The summed E-state index contributed by atoms with van der Waals surface area (Å²) >= 11 is 7.18. The van der Waals surface area contributed by atoms with E-state index in [0.717, 1.165) is 0 Å². The first-order valence-electron chi connectivity index (χ1n) is 5.33. The van der Waals surface area contributed by atoms with Gasteiger partial charge in [0.15, 0.2) is 0 Å². The van der Waals surface area contributed by atoms with Gasteiger partial charge in [-0.05, 0) is 29.6 Å². The average Bonchev–Trinajstić information content (AvgIpc) is 2.92. The summed E-state index contributed by atoms with van der Waals surface area (Å²) in [7, 11) is -0.532. The van der Waals surface area contributed by atoms with Gasteiger partial charge in [0, 0.05) is 7.05 Å². The van der Waals surface area contributed by atoms with E-state index in [1.807, 2.05) is 0 Å². The molecule has 1 aromatic heterocycles. The molecule has 1 aromatic carbocycles. The molecule has 102 valence electrons. The molecule has 0 bridgehead atoms. The molecule has 1 heterocycles. The smallest absolute Gasteiger partial charge is 0.273 e. The first kappa shape index (κ1) is 14.2. The molecule has 0 radical (unpaired) electrons. The number of nitrogens with zero attached hydrogens (tertiary/aromatic N) is 1. The van der Waals surface area contributed by atoms with Gasteiger partial charge < -0.3 is 4.74 Å². The molecule has 0 amide bonds. The third-order valence-electron chi connectivity index (χ3n) is 2.61. The number of hydrogen-bond donors (Lipinski definition) is 0. The van der Waals surface area contributed by atoms with Gasteiger partial charge >= 0.3 is 0 Å². The van der Waals surface area contributed by atoms with Crippen LogP contribution in [-0.2, 0) is 10.0 Å². The Morgan fingerprint density at radius 3 is 2.58 bits per heavy atom. The normalized spacial score (nSPS) is 11.3. The number of hydrogen-bond acceptors (Lipinski definition) is 4. The summed E-state index contributed by atoms with van der Waals surface area (Å²) in [5.74, 6) is 0.507. The number of methoxy groups -OCH3 is 1. The molecule has 7 heteroatoms. The second kappa shape index (κ2) is 5.40. The van der Waals surface area contributed by atoms with Gasteiger partial charge in [0.2, 0.25) is 0 Å². The molecular weight excluding hydrogens is 306 g/mol. The van der Waals surface area contributed by atoms with Crippen LogP contribution in [0.5, 0.6) is 5.75 Å². The highest BCUT2D eigenvalue weighted by Gasteiger charge is 2.22. The van der Waals surface area contributed by atoms with Crippen molar-refractivity contribution in [3.05, 3.63) is 40.7 Å². The lowest BCUT2D eigenvalue weighted by Gasteiger charge is -2.19. The van der Waals surface area contributed by atoms with Crippen LogP contribution in [0.4, 0.5) is 5.69 Å². The number of rotatable bonds is 4. The van der Waals surface area contributed by atoms with Gasteiger partial charge in [0.25, 0.3) is 10.0 Å². The Balaban J connectivity index is 2.40. The minimum absolute atomic E-state index is 0.293. The van der Waals surface area contributed by atoms with Crippen LogP contribution in [0, 0.1) is 0 Å². The summed E-state index contributed by atoms with van der Waals surface area (Å²) in [6.45, 7) is 0. The van der Waals surface area contributed by atoms with Crippen LogP contribution in [0.3, 0.4) is 0 Å². The fourth-order valence-corrected chi connectivity index (χ4v) is 4.14. The number of anilines is 1. The van der Waals surface area contributed by atoms with Crippen molar-refractivity contribution in [3.8, 4) is 5.75 Å². The Kier molecular flexibility index (Phi) is 4.03. The molecule has 19 heavy (non-hydrogen) atoms. The first-order chi connectivity index (χ1) is 8.96. The molecule has 0 unspecified atom stereocenters. The number of halogens is 1. The molecule has 4 nitrogen and oxygen atoms in total. The van der Waals surface area contributed by atoms with Crippen molar-refractivity contribution in [2.45, 2.75) is 4.21 Å².